The lowest BCUT2D eigenvalue weighted by Gasteiger charge is -1.72. The Balaban J connectivity index is 0.000000133. The smallest absolute Gasteiger partial charge is 0.130 e. The van der Waals surface area contributed by atoms with Crippen molar-refractivity contribution in [3.63, 3.8) is 0 Å². The number of nitrogens with zero attached hydrogens (tertiary/aromatic N) is 2. The van der Waals surface area contributed by atoms with Crippen LogP contribution in [0.3, 0.4) is 0 Å². The second-order valence-electron chi connectivity index (χ2n) is 2.93. The molecular weight excluding hydrogens is 160 g/mol. The topological polar surface area (TPSA) is 47.6 Å². The first-order valence-electron chi connectivity index (χ1n) is 4.14. The van der Waals surface area contributed by atoms with E-state index in [1.807, 2.05) is 0 Å². The average molecular weight is 170 g/mol. The zero-order chi connectivity index (χ0) is 9.68. The molecule has 0 unspecified atom stereocenters. The standard InChI is InChI=1S/C7H6.C4H4N2/c1-2-4-7-5-6(7)3-1;1-4(2-5)3-6/h1-4H,5H2;4H,1H3. The van der Waals surface area contributed by atoms with Crippen molar-refractivity contribution in [2.75, 3.05) is 0 Å². The Hall–Kier alpha value is -1.80. The molecule has 0 heterocycles. The summed E-state index contributed by atoms with van der Waals surface area (Å²) in [7, 11) is 0. The molecule has 0 radical (unpaired) electrons. The molecule has 0 N–H and O–H groups in total. The van der Waals surface area contributed by atoms with Crippen molar-refractivity contribution < 1.29 is 0 Å². The minimum atomic E-state index is -0.454. The molecule has 0 spiro atoms. The highest BCUT2D eigenvalue weighted by molar-refractivity contribution is 5.44. The van der Waals surface area contributed by atoms with E-state index in [1.54, 1.807) is 19.1 Å². The minimum absolute atomic E-state index is 0.454. The van der Waals surface area contributed by atoms with Gasteiger partial charge in [0.15, 0.2) is 0 Å². The summed E-state index contributed by atoms with van der Waals surface area (Å²) in [5.74, 6) is -0.454. The van der Waals surface area contributed by atoms with Gasteiger partial charge in [0.2, 0.25) is 0 Å². The SMILES string of the molecule is CC(C#N)C#N.c1ccc2c(c1)C2. The zero-order valence-corrected chi connectivity index (χ0v) is 7.49. The molecule has 64 valence electrons. The number of hydrogen-bond donors (Lipinski definition) is 0. The Morgan fingerprint density at radius 2 is 1.62 bits per heavy atom. The van der Waals surface area contributed by atoms with Gasteiger partial charge in [-0.1, -0.05) is 24.3 Å². The van der Waals surface area contributed by atoms with Crippen LogP contribution in [0, 0.1) is 28.6 Å². The Kier molecular flexibility index (Phi) is 3.06. The predicted molar refractivity (Wildman–Crippen MR) is 49.6 cm³/mol. The van der Waals surface area contributed by atoms with Crippen molar-refractivity contribution in [3.05, 3.63) is 35.4 Å². The summed E-state index contributed by atoms with van der Waals surface area (Å²) in [5, 5.41) is 15.7. The van der Waals surface area contributed by atoms with Crippen molar-refractivity contribution in [3.8, 4) is 12.1 Å². The second kappa shape index (κ2) is 4.28. The molecule has 2 rings (SSSR count). The molecule has 0 aliphatic heterocycles. The van der Waals surface area contributed by atoms with Crippen molar-refractivity contribution in [2.24, 2.45) is 5.92 Å². The average Bonchev–Trinajstić information content (AvgIpc) is 2.96. The van der Waals surface area contributed by atoms with E-state index in [4.69, 9.17) is 10.5 Å². The summed E-state index contributed by atoms with van der Waals surface area (Å²) in [6.45, 7) is 1.56. The molecule has 0 atom stereocenters. The third-order valence-corrected chi connectivity index (χ3v) is 1.76. The first-order valence-corrected chi connectivity index (χ1v) is 4.14. The first kappa shape index (κ1) is 9.29. The fraction of sp³-hybridized carbons (Fsp3) is 0.273. The van der Waals surface area contributed by atoms with Crippen LogP contribution in [0.15, 0.2) is 24.3 Å². The Labute approximate surface area is 78.0 Å². The van der Waals surface area contributed by atoms with Crippen molar-refractivity contribution in [1.29, 1.82) is 10.5 Å². The highest BCUT2D eigenvalue weighted by Gasteiger charge is 2.12. The summed E-state index contributed by atoms with van der Waals surface area (Å²) in [6, 6.07) is 12.0. The molecule has 0 saturated heterocycles. The van der Waals surface area contributed by atoms with E-state index >= 15 is 0 Å². The van der Waals surface area contributed by atoms with Gasteiger partial charge < -0.3 is 0 Å². The first-order chi connectivity index (χ1) is 6.27. The van der Waals surface area contributed by atoms with Crippen molar-refractivity contribution in [1.82, 2.24) is 0 Å². The van der Waals surface area contributed by atoms with E-state index in [-0.39, 0.29) is 0 Å². The molecule has 0 saturated carbocycles. The van der Waals surface area contributed by atoms with Crippen LogP contribution in [-0.4, -0.2) is 0 Å². The van der Waals surface area contributed by atoms with Crippen LogP contribution in [0.2, 0.25) is 0 Å². The summed E-state index contributed by atoms with van der Waals surface area (Å²) in [4.78, 5) is 0. The highest BCUT2D eigenvalue weighted by atomic mass is 14.3. The fourth-order valence-corrected chi connectivity index (χ4v) is 0.865. The van der Waals surface area contributed by atoms with Gasteiger partial charge in [-0.05, 0) is 24.5 Å². The lowest BCUT2D eigenvalue weighted by Crippen LogP contribution is -1.78. The second-order valence-corrected chi connectivity index (χ2v) is 2.93. The maximum Gasteiger partial charge on any atom is 0.130 e. The van der Waals surface area contributed by atoms with Crippen molar-refractivity contribution in [2.45, 2.75) is 13.3 Å². The molecule has 0 amide bonds. The third-order valence-electron chi connectivity index (χ3n) is 1.76. The highest BCUT2D eigenvalue weighted by Crippen LogP contribution is 2.25. The number of hydrogen-bond acceptors (Lipinski definition) is 2. The number of rotatable bonds is 0. The van der Waals surface area contributed by atoms with E-state index in [0.717, 1.165) is 0 Å². The van der Waals surface area contributed by atoms with Crippen molar-refractivity contribution >= 4 is 0 Å². The molecule has 1 aromatic rings. The Morgan fingerprint density at radius 3 is 1.85 bits per heavy atom. The van der Waals surface area contributed by atoms with E-state index in [0.29, 0.717) is 0 Å². The monoisotopic (exact) mass is 170 g/mol. The van der Waals surface area contributed by atoms with E-state index in [9.17, 15) is 0 Å². The molecule has 1 aliphatic carbocycles. The number of nitriles is 2. The fourth-order valence-electron chi connectivity index (χ4n) is 0.865. The summed E-state index contributed by atoms with van der Waals surface area (Å²) in [5.41, 5.74) is 3.06. The van der Waals surface area contributed by atoms with E-state index < -0.39 is 5.92 Å². The van der Waals surface area contributed by atoms with Crippen LogP contribution in [0.1, 0.15) is 18.1 Å². The van der Waals surface area contributed by atoms with Gasteiger partial charge in [0, 0.05) is 0 Å². The molecule has 2 heteroatoms. The molecule has 0 fully saturated rings. The van der Waals surface area contributed by atoms with Gasteiger partial charge in [0.1, 0.15) is 5.92 Å². The summed E-state index contributed by atoms with van der Waals surface area (Å²) < 4.78 is 0. The molecule has 1 aliphatic rings. The predicted octanol–water partition coefficient (Wildman–Crippen LogP) is 2.26. The van der Waals surface area contributed by atoms with E-state index in [1.165, 1.54) is 17.5 Å². The van der Waals surface area contributed by atoms with Gasteiger partial charge in [-0.3, -0.25) is 0 Å². The van der Waals surface area contributed by atoms with Gasteiger partial charge in [0.25, 0.3) is 0 Å². The molecule has 13 heavy (non-hydrogen) atoms. The number of fused-ring (bicyclic) bond motifs is 1. The summed E-state index contributed by atoms with van der Waals surface area (Å²) >= 11 is 0. The minimum Gasteiger partial charge on any atom is -0.197 e. The lowest BCUT2D eigenvalue weighted by atomic mass is 10.2. The maximum absolute atomic E-state index is 7.86. The summed E-state index contributed by atoms with van der Waals surface area (Å²) in [6.07, 6.45) is 1.24. The molecule has 2 nitrogen and oxygen atoms in total. The molecule has 0 aromatic heterocycles. The number of benzene rings is 1. The van der Waals surface area contributed by atoms with Gasteiger partial charge >= 0.3 is 0 Å². The van der Waals surface area contributed by atoms with Crippen LogP contribution in [0.5, 0.6) is 0 Å². The van der Waals surface area contributed by atoms with Gasteiger partial charge in [-0.2, -0.15) is 10.5 Å². The maximum atomic E-state index is 7.86. The van der Waals surface area contributed by atoms with Crippen LogP contribution in [-0.2, 0) is 6.42 Å². The molecule has 1 aromatic carbocycles. The third kappa shape index (κ3) is 2.97. The quantitative estimate of drug-likeness (QED) is 0.608. The van der Waals surface area contributed by atoms with Crippen LogP contribution in [0.25, 0.3) is 0 Å². The largest absolute Gasteiger partial charge is 0.197 e. The van der Waals surface area contributed by atoms with Gasteiger partial charge in [-0.15, -0.1) is 0 Å². The Morgan fingerprint density at radius 1 is 1.15 bits per heavy atom. The molecular formula is C11H10N2. The normalized spacial score (nSPS) is 10.2. The van der Waals surface area contributed by atoms with Crippen LogP contribution in [0.4, 0.5) is 0 Å². The van der Waals surface area contributed by atoms with Gasteiger partial charge in [0.05, 0.1) is 12.1 Å². The lowest BCUT2D eigenvalue weighted by molar-refractivity contribution is 0.972. The molecule has 0 bridgehead atoms. The van der Waals surface area contributed by atoms with Crippen LogP contribution < -0.4 is 0 Å². The zero-order valence-electron chi connectivity index (χ0n) is 7.49. The van der Waals surface area contributed by atoms with Gasteiger partial charge in [-0.25, -0.2) is 0 Å². The van der Waals surface area contributed by atoms with Crippen LogP contribution >= 0.6 is 0 Å². The van der Waals surface area contributed by atoms with E-state index in [2.05, 4.69) is 24.3 Å². The Bertz CT molecular complexity index is 333.